The molecule has 0 aromatic heterocycles. The Kier molecular flexibility index (Phi) is 3.98. The summed E-state index contributed by atoms with van der Waals surface area (Å²) in [5, 5.41) is 9.93. The number of aryl methyl sites for hydroxylation is 2. The van der Waals surface area contributed by atoms with Gasteiger partial charge in [-0.25, -0.2) is 0 Å². The molecule has 1 nitrogen and oxygen atoms in total. The summed E-state index contributed by atoms with van der Waals surface area (Å²) in [5.41, 5.74) is 3.10. The fraction of sp³-hybridized carbons (Fsp3) is 0.364. The zero-order valence-electron chi connectivity index (χ0n) is 7.68. The summed E-state index contributed by atoms with van der Waals surface area (Å²) >= 11 is 3.39. The summed E-state index contributed by atoms with van der Waals surface area (Å²) < 4.78 is 0. The summed E-state index contributed by atoms with van der Waals surface area (Å²) in [6.07, 6.45) is 2.06. The Bertz CT molecular complexity index is 325. The van der Waals surface area contributed by atoms with E-state index in [9.17, 15) is 0 Å². The van der Waals surface area contributed by atoms with E-state index in [0.717, 1.165) is 29.3 Å². The van der Waals surface area contributed by atoms with Crippen molar-refractivity contribution in [3.63, 3.8) is 0 Å². The van der Waals surface area contributed by atoms with Gasteiger partial charge in [-0.05, 0) is 30.9 Å². The molecule has 13 heavy (non-hydrogen) atoms. The van der Waals surface area contributed by atoms with Crippen LogP contribution in [0.3, 0.4) is 0 Å². The number of nitrogens with zero attached hydrogens (tertiary/aromatic N) is 1. The third kappa shape index (κ3) is 2.57. The van der Waals surface area contributed by atoms with Gasteiger partial charge in [0.05, 0.1) is 11.6 Å². The van der Waals surface area contributed by atoms with E-state index >= 15 is 0 Å². The topological polar surface area (TPSA) is 23.8 Å². The van der Waals surface area contributed by atoms with Crippen molar-refractivity contribution >= 4 is 15.9 Å². The zero-order chi connectivity index (χ0) is 9.68. The first-order valence-electron chi connectivity index (χ1n) is 4.34. The predicted molar refractivity (Wildman–Crippen MR) is 58.0 cm³/mol. The number of hydrogen-bond donors (Lipinski definition) is 0. The maximum absolute atomic E-state index is 8.94. The maximum Gasteiger partial charge on any atom is 0.0997 e. The highest BCUT2D eigenvalue weighted by Crippen LogP contribution is 2.14. The van der Waals surface area contributed by atoms with E-state index in [2.05, 4.69) is 22.0 Å². The molecule has 0 saturated heterocycles. The smallest absolute Gasteiger partial charge is 0.0997 e. The van der Waals surface area contributed by atoms with E-state index in [1.54, 1.807) is 0 Å². The molecule has 0 fully saturated rings. The van der Waals surface area contributed by atoms with Crippen LogP contribution in [0.1, 0.15) is 23.1 Å². The molecule has 0 unspecified atom stereocenters. The average molecular weight is 238 g/mol. The fourth-order valence-corrected chi connectivity index (χ4v) is 1.63. The van der Waals surface area contributed by atoms with Crippen molar-refractivity contribution in [1.29, 1.82) is 5.26 Å². The van der Waals surface area contributed by atoms with Crippen molar-refractivity contribution in [2.24, 2.45) is 0 Å². The first kappa shape index (κ1) is 10.3. The van der Waals surface area contributed by atoms with Crippen molar-refractivity contribution in [2.75, 3.05) is 5.33 Å². The molecule has 0 saturated carbocycles. The highest BCUT2D eigenvalue weighted by atomic mass is 79.9. The van der Waals surface area contributed by atoms with Crippen LogP contribution in [0.25, 0.3) is 0 Å². The fourth-order valence-electron chi connectivity index (χ4n) is 1.35. The lowest BCUT2D eigenvalue weighted by atomic mass is 10.00. The van der Waals surface area contributed by atoms with Crippen LogP contribution in [0.2, 0.25) is 0 Å². The lowest BCUT2D eigenvalue weighted by Gasteiger charge is -2.04. The van der Waals surface area contributed by atoms with Crippen LogP contribution >= 0.6 is 15.9 Å². The van der Waals surface area contributed by atoms with Gasteiger partial charge in [0.2, 0.25) is 0 Å². The predicted octanol–water partition coefficient (Wildman–Crippen LogP) is 3.19. The van der Waals surface area contributed by atoms with Crippen LogP contribution in [-0.2, 0) is 6.42 Å². The van der Waals surface area contributed by atoms with Crippen LogP contribution in [0.15, 0.2) is 18.2 Å². The molecule has 0 spiro atoms. The van der Waals surface area contributed by atoms with Gasteiger partial charge in [0.15, 0.2) is 0 Å². The maximum atomic E-state index is 8.94. The summed E-state index contributed by atoms with van der Waals surface area (Å²) in [7, 11) is 0. The number of nitriles is 1. The SMILES string of the molecule is Cc1cccc(CCCBr)c1C#N. The Morgan fingerprint density at radius 1 is 1.46 bits per heavy atom. The molecule has 0 heterocycles. The molecule has 1 aromatic carbocycles. The Labute approximate surface area is 87.5 Å². The van der Waals surface area contributed by atoms with Crippen LogP contribution in [0.5, 0.6) is 0 Å². The molecule has 0 aliphatic carbocycles. The van der Waals surface area contributed by atoms with Gasteiger partial charge in [-0.2, -0.15) is 5.26 Å². The first-order chi connectivity index (χ1) is 6.29. The van der Waals surface area contributed by atoms with E-state index < -0.39 is 0 Å². The van der Waals surface area contributed by atoms with Crippen molar-refractivity contribution in [3.05, 3.63) is 34.9 Å². The van der Waals surface area contributed by atoms with Crippen LogP contribution in [0.4, 0.5) is 0 Å². The van der Waals surface area contributed by atoms with Gasteiger partial charge in [0.25, 0.3) is 0 Å². The minimum Gasteiger partial charge on any atom is -0.192 e. The van der Waals surface area contributed by atoms with Gasteiger partial charge < -0.3 is 0 Å². The highest BCUT2D eigenvalue weighted by molar-refractivity contribution is 9.09. The number of halogens is 1. The quantitative estimate of drug-likeness (QED) is 0.742. The Morgan fingerprint density at radius 2 is 2.23 bits per heavy atom. The second kappa shape index (κ2) is 5.04. The van der Waals surface area contributed by atoms with Crippen LogP contribution in [-0.4, -0.2) is 5.33 Å². The Morgan fingerprint density at radius 3 is 2.85 bits per heavy atom. The average Bonchev–Trinajstić information content (AvgIpc) is 2.15. The van der Waals surface area contributed by atoms with Crippen molar-refractivity contribution in [3.8, 4) is 6.07 Å². The molecule has 0 aliphatic heterocycles. The first-order valence-corrected chi connectivity index (χ1v) is 5.46. The van der Waals surface area contributed by atoms with Crippen LogP contribution in [0, 0.1) is 18.3 Å². The summed E-state index contributed by atoms with van der Waals surface area (Å²) in [6, 6.07) is 8.29. The number of hydrogen-bond acceptors (Lipinski definition) is 1. The van der Waals surface area contributed by atoms with Crippen molar-refractivity contribution < 1.29 is 0 Å². The van der Waals surface area contributed by atoms with E-state index in [0.29, 0.717) is 0 Å². The second-order valence-electron chi connectivity index (χ2n) is 3.01. The highest BCUT2D eigenvalue weighted by Gasteiger charge is 2.03. The monoisotopic (exact) mass is 237 g/mol. The van der Waals surface area contributed by atoms with Gasteiger partial charge >= 0.3 is 0 Å². The Hall–Kier alpha value is -0.810. The van der Waals surface area contributed by atoms with Crippen molar-refractivity contribution in [1.82, 2.24) is 0 Å². The molecule has 1 aromatic rings. The molecule has 0 radical (unpaired) electrons. The molecule has 1 rings (SSSR count). The van der Waals surface area contributed by atoms with Gasteiger partial charge in [-0.3, -0.25) is 0 Å². The molecular formula is C11H12BrN. The third-order valence-corrected chi connectivity index (χ3v) is 2.61. The molecule has 0 atom stereocenters. The van der Waals surface area contributed by atoms with Gasteiger partial charge in [-0.15, -0.1) is 0 Å². The van der Waals surface area contributed by atoms with Gasteiger partial charge in [0.1, 0.15) is 0 Å². The van der Waals surface area contributed by atoms with E-state index in [-0.39, 0.29) is 0 Å². The minimum absolute atomic E-state index is 0.850. The Balaban J connectivity index is 2.93. The number of benzene rings is 1. The summed E-state index contributed by atoms with van der Waals surface area (Å²) in [5.74, 6) is 0. The molecule has 0 aliphatic rings. The molecule has 68 valence electrons. The minimum atomic E-state index is 0.850. The molecule has 2 heteroatoms. The van der Waals surface area contributed by atoms with E-state index in [4.69, 9.17) is 5.26 Å². The standard InChI is InChI=1S/C11H12BrN/c1-9-4-2-5-10(6-3-7-12)11(9)8-13/h2,4-5H,3,6-7H2,1H3. The molecule has 0 bridgehead atoms. The lowest BCUT2D eigenvalue weighted by Crippen LogP contribution is -1.93. The summed E-state index contributed by atoms with van der Waals surface area (Å²) in [6.45, 7) is 1.98. The molecule has 0 amide bonds. The van der Waals surface area contributed by atoms with E-state index in [1.165, 1.54) is 5.56 Å². The largest absolute Gasteiger partial charge is 0.192 e. The molecular weight excluding hydrogens is 226 g/mol. The van der Waals surface area contributed by atoms with E-state index in [1.807, 2.05) is 25.1 Å². The number of alkyl halides is 1. The summed E-state index contributed by atoms with van der Waals surface area (Å²) in [4.78, 5) is 0. The lowest BCUT2D eigenvalue weighted by molar-refractivity contribution is 0.933. The van der Waals surface area contributed by atoms with Crippen molar-refractivity contribution in [2.45, 2.75) is 19.8 Å². The van der Waals surface area contributed by atoms with Gasteiger partial charge in [0, 0.05) is 5.33 Å². The van der Waals surface area contributed by atoms with Gasteiger partial charge in [-0.1, -0.05) is 34.1 Å². The zero-order valence-corrected chi connectivity index (χ0v) is 9.26. The normalized spacial score (nSPS) is 9.62. The second-order valence-corrected chi connectivity index (χ2v) is 3.81. The third-order valence-electron chi connectivity index (χ3n) is 2.05. The van der Waals surface area contributed by atoms with Crippen LogP contribution < -0.4 is 0 Å². The molecule has 0 N–H and O–H groups in total. The number of rotatable bonds is 3.